The highest BCUT2D eigenvalue weighted by Gasteiger charge is 2.27. The van der Waals surface area contributed by atoms with E-state index in [1.54, 1.807) is 0 Å². The van der Waals surface area contributed by atoms with E-state index in [0.29, 0.717) is 12.8 Å². The highest BCUT2D eigenvalue weighted by Crippen LogP contribution is 2.43. The molecule has 0 saturated carbocycles. The number of phosphoric acid groups is 1. The van der Waals surface area contributed by atoms with Gasteiger partial charge in [0, 0.05) is 12.8 Å². The fourth-order valence-corrected chi connectivity index (χ4v) is 5.90. The number of rotatable bonds is 37. The number of carbonyl (C=O) groups excluding carboxylic acids is 2. The van der Waals surface area contributed by atoms with Gasteiger partial charge in [-0.1, -0.05) is 145 Å². The first-order valence-corrected chi connectivity index (χ1v) is 21.8. The summed E-state index contributed by atoms with van der Waals surface area (Å²) in [4.78, 5) is 34.9. The number of esters is 2. The maximum atomic E-state index is 12.6. The van der Waals surface area contributed by atoms with Gasteiger partial charge in [0.05, 0.1) is 19.8 Å². The molecule has 0 fully saturated rings. The van der Waals surface area contributed by atoms with E-state index in [0.717, 1.165) is 57.8 Å². The lowest BCUT2D eigenvalue weighted by molar-refractivity contribution is -0.161. The minimum absolute atomic E-state index is 0.146. The molecule has 306 valence electrons. The molecule has 3 atom stereocenters. The molecular weight excluding hydrogens is 695 g/mol. The summed E-state index contributed by atoms with van der Waals surface area (Å²) in [6, 6.07) is 0. The Bertz CT molecular complexity index is 1070. The summed E-state index contributed by atoms with van der Waals surface area (Å²) in [5, 5.41) is 18.3. The second-order valence-corrected chi connectivity index (χ2v) is 14.8. The Morgan fingerprint density at radius 1 is 0.585 bits per heavy atom. The van der Waals surface area contributed by atoms with Crippen LogP contribution < -0.4 is 0 Å². The summed E-state index contributed by atoms with van der Waals surface area (Å²) in [7, 11) is -4.63. The normalized spacial score (nSPS) is 14.6. The van der Waals surface area contributed by atoms with Crippen molar-refractivity contribution in [2.75, 3.05) is 26.4 Å². The standard InChI is InChI=1S/C42H73O10P/c1-3-5-7-9-11-13-15-17-19-21-23-25-27-29-31-33-41(45)49-37-40(38-51-53(47,48)50-36-39(44)35-43)52-42(46)34-32-30-28-26-24-22-20-18-16-14-12-10-8-6-4-2/h5,7,9,11,13,15,17,19,24,26,39-40,43-44H,3-4,6,8,10,12,14,16,18,20-23,25,27-38H2,1-2H3,(H,47,48)/b7-5+,11-9+,15-13+,19-17+,26-24+/t39-,40+/m0/s1. The summed E-state index contributed by atoms with van der Waals surface area (Å²) in [5.74, 6) is -0.982. The number of aliphatic hydroxyl groups is 2. The van der Waals surface area contributed by atoms with Crippen LogP contribution in [0.4, 0.5) is 0 Å². The molecule has 0 radical (unpaired) electrons. The maximum absolute atomic E-state index is 12.6. The first-order chi connectivity index (χ1) is 25.7. The number of phosphoric ester groups is 1. The lowest BCUT2D eigenvalue weighted by Crippen LogP contribution is -2.29. The summed E-state index contributed by atoms with van der Waals surface area (Å²) in [5.41, 5.74) is 0. The van der Waals surface area contributed by atoms with Crippen LogP contribution in [-0.4, -0.2) is 65.7 Å². The average molecular weight is 769 g/mol. The first kappa shape index (κ1) is 50.7. The molecular formula is C42H73O10P. The molecule has 0 spiro atoms. The van der Waals surface area contributed by atoms with E-state index in [4.69, 9.17) is 19.1 Å². The lowest BCUT2D eigenvalue weighted by atomic mass is 10.1. The van der Waals surface area contributed by atoms with Crippen molar-refractivity contribution in [3.63, 3.8) is 0 Å². The van der Waals surface area contributed by atoms with E-state index in [-0.39, 0.29) is 19.4 Å². The second kappa shape index (κ2) is 38.0. The smallest absolute Gasteiger partial charge is 0.462 e. The van der Waals surface area contributed by atoms with Gasteiger partial charge in [-0.05, 0) is 57.8 Å². The third kappa shape index (κ3) is 37.8. The van der Waals surface area contributed by atoms with Crippen molar-refractivity contribution in [3.8, 4) is 0 Å². The molecule has 0 heterocycles. The summed E-state index contributed by atoms with van der Waals surface area (Å²) < 4.78 is 32.6. The van der Waals surface area contributed by atoms with E-state index in [1.807, 2.05) is 36.5 Å². The van der Waals surface area contributed by atoms with Gasteiger partial charge in [0.25, 0.3) is 0 Å². The van der Waals surface area contributed by atoms with Gasteiger partial charge in [-0.15, -0.1) is 0 Å². The number of hydrogen-bond acceptors (Lipinski definition) is 9. The summed E-state index contributed by atoms with van der Waals surface area (Å²) in [6.45, 7) is 2.17. The van der Waals surface area contributed by atoms with E-state index in [2.05, 4.69) is 42.7 Å². The minimum atomic E-state index is -4.63. The van der Waals surface area contributed by atoms with Crippen molar-refractivity contribution in [1.29, 1.82) is 0 Å². The molecule has 10 nitrogen and oxygen atoms in total. The molecule has 11 heteroatoms. The van der Waals surface area contributed by atoms with Crippen molar-refractivity contribution in [2.24, 2.45) is 0 Å². The fourth-order valence-electron chi connectivity index (χ4n) is 5.11. The van der Waals surface area contributed by atoms with Crippen molar-refractivity contribution in [1.82, 2.24) is 0 Å². The Labute approximate surface area is 321 Å². The van der Waals surface area contributed by atoms with Crippen molar-refractivity contribution in [3.05, 3.63) is 60.8 Å². The highest BCUT2D eigenvalue weighted by molar-refractivity contribution is 7.47. The summed E-state index contributed by atoms with van der Waals surface area (Å²) >= 11 is 0. The number of aliphatic hydroxyl groups excluding tert-OH is 2. The third-order valence-electron chi connectivity index (χ3n) is 8.25. The second-order valence-electron chi connectivity index (χ2n) is 13.4. The Hall–Kier alpha value is -2.33. The lowest BCUT2D eigenvalue weighted by Gasteiger charge is -2.20. The molecule has 0 aromatic carbocycles. The first-order valence-electron chi connectivity index (χ1n) is 20.3. The number of carbonyl (C=O) groups is 2. The monoisotopic (exact) mass is 768 g/mol. The van der Waals surface area contributed by atoms with E-state index in [9.17, 15) is 24.2 Å². The zero-order valence-electron chi connectivity index (χ0n) is 33.0. The van der Waals surface area contributed by atoms with Gasteiger partial charge in [-0.3, -0.25) is 18.6 Å². The molecule has 1 unspecified atom stereocenters. The Morgan fingerprint density at radius 3 is 1.66 bits per heavy atom. The Balaban J connectivity index is 4.42. The molecule has 0 amide bonds. The fraction of sp³-hybridized carbons (Fsp3) is 0.714. The van der Waals surface area contributed by atoms with Gasteiger partial charge in [-0.25, -0.2) is 4.57 Å². The van der Waals surface area contributed by atoms with Crippen LogP contribution in [0, 0.1) is 0 Å². The van der Waals surface area contributed by atoms with Crippen LogP contribution in [0.25, 0.3) is 0 Å². The minimum Gasteiger partial charge on any atom is -0.462 e. The topological polar surface area (TPSA) is 149 Å². The largest absolute Gasteiger partial charge is 0.472 e. The highest BCUT2D eigenvalue weighted by atomic mass is 31.2. The van der Waals surface area contributed by atoms with E-state index < -0.39 is 51.8 Å². The van der Waals surface area contributed by atoms with Crippen molar-refractivity contribution >= 4 is 19.8 Å². The zero-order chi connectivity index (χ0) is 39.1. The van der Waals surface area contributed by atoms with Gasteiger partial charge < -0.3 is 24.6 Å². The molecule has 0 aliphatic rings. The molecule has 53 heavy (non-hydrogen) atoms. The number of hydrogen-bond donors (Lipinski definition) is 3. The van der Waals surface area contributed by atoms with Crippen LogP contribution >= 0.6 is 7.82 Å². The van der Waals surface area contributed by atoms with Crippen molar-refractivity contribution in [2.45, 2.75) is 167 Å². The molecule has 0 aliphatic carbocycles. The van der Waals surface area contributed by atoms with Gasteiger partial charge in [0.1, 0.15) is 12.7 Å². The number of ether oxygens (including phenoxy) is 2. The molecule has 3 N–H and O–H groups in total. The van der Waals surface area contributed by atoms with Gasteiger partial charge in [0.15, 0.2) is 6.10 Å². The van der Waals surface area contributed by atoms with Crippen LogP contribution in [0.15, 0.2) is 60.8 Å². The number of allylic oxidation sites excluding steroid dienone is 10. The Kier molecular flexibility index (Phi) is 36.3. The third-order valence-corrected chi connectivity index (χ3v) is 9.20. The van der Waals surface area contributed by atoms with Crippen molar-refractivity contribution < 1.29 is 47.8 Å². The average Bonchev–Trinajstić information content (AvgIpc) is 3.14. The van der Waals surface area contributed by atoms with Crippen LogP contribution in [0.1, 0.15) is 155 Å². The van der Waals surface area contributed by atoms with Crippen LogP contribution in [-0.2, 0) is 32.7 Å². The van der Waals surface area contributed by atoms with E-state index in [1.165, 1.54) is 57.8 Å². The molecule has 0 rings (SSSR count). The Morgan fingerprint density at radius 2 is 1.06 bits per heavy atom. The quantitative estimate of drug-likeness (QED) is 0.0183. The van der Waals surface area contributed by atoms with Crippen LogP contribution in [0.3, 0.4) is 0 Å². The van der Waals surface area contributed by atoms with Gasteiger partial charge in [0.2, 0.25) is 0 Å². The van der Waals surface area contributed by atoms with Gasteiger partial charge in [-0.2, -0.15) is 0 Å². The van der Waals surface area contributed by atoms with Gasteiger partial charge >= 0.3 is 19.8 Å². The predicted octanol–water partition coefficient (Wildman–Crippen LogP) is 10.3. The molecule has 0 aromatic rings. The predicted molar refractivity (Wildman–Crippen MR) is 214 cm³/mol. The summed E-state index contributed by atoms with van der Waals surface area (Å²) in [6.07, 6.45) is 40.5. The zero-order valence-corrected chi connectivity index (χ0v) is 33.9. The molecule has 0 aliphatic heterocycles. The molecule has 0 aromatic heterocycles. The maximum Gasteiger partial charge on any atom is 0.472 e. The molecule has 0 saturated heterocycles. The number of unbranched alkanes of at least 4 members (excludes halogenated alkanes) is 16. The van der Waals surface area contributed by atoms with Crippen LogP contribution in [0.2, 0.25) is 0 Å². The van der Waals surface area contributed by atoms with Crippen LogP contribution in [0.5, 0.6) is 0 Å². The molecule has 0 bridgehead atoms. The SMILES string of the molecule is CC/C=C/C=C/C=C/C=C/CCCCCCCC(=O)OC[C@H](COP(=O)(O)OC[C@@H](O)CO)OC(=O)CCCC/C=C/CCCCCCCCCCC. The van der Waals surface area contributed by atoms with E-state index >= 15 is 0 Å².